The van der Waals surface area contributed by atoms with Gasteiger partial charge in [0.1, 0.15) is 0 Å². The number of aliphatic hydroxyl groups is 2. The Morgan fingerprint density at radius 3 is 2.43 bits per heavy atom. The second-order valence-electron chi connectivity index (χ2n) is 8.88. The Labute approximate surface area is 130 Å². The van der Waals surface area contributed by atoms with Gasteiger partial charge in [0.05, 0.1) is 24.4 Å². The molecule has 0 bridgehead atoms. The van der Waals surface area contributed by atoms with E-state index in [0.717, 1.165) is 19.3 Å². The van der Waals surface area contributed by atoms with Gasteiger partial charge in [0.2, 0.25) is 0 Å². The minimum Gasteiger partial charge on any atom is -0.393 e. The Hall–Kier alpha value is -0.120. The van der Waals surface area contributed by atoms with Gasteiger partial charge in [-0.25, -0.2) is 0 Å². The van der Waals surface area contributed by atoms with Crippen LogP contribution in [-0.2, 0) is 4.74 Å². The van der Waals surface area contributed by atoms with Crippen LogP contribution in [0.15, 0.2) is 0 Å². The molecule has 2 fully saturated rings. The van der Waals surface area contributed by atoms with Gasteiger partial charge in [-0.15, -0.1) is 0 Å². The fourth-order valence-electron chi connectivity index (χ4n) is 4.93. The van der Waals surface area contributed by atoms with Crippen LogP contribution < -0.4 is 0 Å². The summed E-state index contributed by atoms with van der Waals surface area (Å²) < 4.78 is 5.98. The van der Waals surface area contributed by atoms with Crippen molar-refractivity contribution in [2.75, 3.05) is 6.61 Å². The molecule has 0 aromatic carbocycles. The van der Waals surface area contributed by atoms with E-state index < -0.39 is 5.60 Å². The molecule has 0 aromatic rings. The van der Waals surface area contributed by atoms with Gasteiger partial charge in [0.25, 0.3) is 0 Å². The number of ether oxygens (including phenoxy) is 1. The predicted molar refractivity (Wildman–Crippen MR) is 85.1 cm³/mol. The van der Waals surface area contributed by atoms with E-state index in [1.807, 2.05) is 0 Å². The highest BCUT2D eigenvalue weighted by Crippen LogP contribution is 2.65. The van der Waals surface area contributed by atoms with Crippen molar-refractivity contribution in [3.63, 3.8) is 0 Å². The molecule has 2 aliphatic rings. The van der Waals surface area contributed by atoms with Gasteiger partial charge >= 0.3 is 0 Å². The Kier molecular flexibility index (Phi) is 4.52. The average Bonchev–Trinajstić information content (AvgIpc) is 2.55. The molecule has 2 aliphatic carbocycles. The highest BCUT2D eigenvalue weighted by Gasteiger charge is 2.60. The second kappa shape index (κ2) is 5.50. The van der Waals surface area contributed by atoms with Crippen molar-refractivity contribution in [3.05, 3.63) is 0 Å². The average molecular weight is 298 g/mol. The number of rotatable bonds is 4. The van der Waals surface area contributed by atoms with Gasteiger partial charge in [0.15, 0.2) is 0 Å². The van der Waals surface area contributed by atoms with Crippen LogP contribution >= 0.6 is 0 Å². The summed E-state index contributed by atoms with van der Waals surface area (Å²) in [5.74, 6) is 0.821. The molecule has 0 heterocycles. The third kappa shape index (κ3) is 3.02. The van der Waals surface area contributed by atoms with Gasteiger partial charge in [-0.05, 0) is 62.7 Å². The first kappa shape index (κ1) is 17.2. The van der Waals surface area contributed by atoms with E-state index in [4.69, 9.17) is 4.74 Å². The lowest BCUT2D eigenvalue weighted by molar-refractivity contribution is -0.0921. The molecule has 0 spiro atoms. The van der Waals surface area contributed by atoms with Crippen LogP contribution in [0.25, 0.3) is 0 Å². The summed E-state index contributed by atoms with van der Waals surface area (Å²) in [5, 5.41) is 20.3. The molecule has 0 saturated heterocycles. The highest BCUT2D eigenvalue weighted by molar-refractivity contribution is 5.09. The van der Waals surface area contributed by atoms with Crippen LogP contribution in [0.4, 0.5) is 0 Å². The monoisotopic (exact) mass is 298 g/mol. The Bertz CT molecular complexity index is 371. The van der Waals surface area contributed by atoms with Gasteiger partial charge in [0, 0.05) is 0 Å². The normalized spacial score (nSPS) is 40.9. The van der Waals surface area contributed by atoms with E-state index in [9.17, 15) is 10.2 Å². The molecule has 3 heteroatoms. The highest BCUT2D eigenvalue weighted by atomic mass is 16.5. The van der Waals surface area contributed by atoms with E-state index in [0.29, 0.717) is 18.4 Å². The molecule has 2 N–H and O–H groups in total. The summed E-state index contributed by atoms with van der Waals surface area (Å²) >= 11 is 0. The first-order chi connectivity index (χ1) is 9.49. The SMILES string of the molecule is CC(OCC(C)(C)O)C1CC2C(O)CCCC2(C)C1(C)C. The molecule has 0 aliphatic heterocycles. The zero-order valence-electron chi connectivity index (χ0n) is 14.6. The van der Waals surface area contributed by atoms with E-state index in [-0.39, 0.29) is 23.0 Å². The fraction of sp³-hybridized carbons (Fsp3) is 1.00. The van der Waals surface area contributed by atoms with Crippen LogP contribution in [0.2, 0.25) is 0 Å². The third-order valence-corrected chi connectivity index (χ3v) is 6.65. The Balaban J connectivity index is 2.14. The van der Waals surface area contributed by atoms with Gasteiger partial charge in [-0.1, -0.05) is 27.2 Å². The van der Waals surface area contributed by atoms with Crippen LogP contribution in [0.3, 0.4) is 0 Å². The molecular formula is C18H34O3. The summed E-state index contributed by atoms with van der Waals surface area (Å²) in [6, 6.07) is 0. The summed E-state index contributed by atoms with van der Waals surface area (Å²) in [5.41, 5.74) is -0.438. The van der Waals surface area contributed by atoms with Gasteiger partial charge in [-0.2, -0.15) is 0 Å². The maximum absolute atomic E-state index is 10.5. The zero-order valence-corrected chi connectivity index (χ0v) is 14.6. The summed E-state index contributed by atoms with van der Waals surface area (Å²) in [7, 11) is 0. The maximum atomic E-state index is 10.5. The van der Waals surface area contributed by atoms with Gasteiger partial charge < -0.3 is 14.9 Å². The molecule has 2 saturated carbocycles. The quantitative estimate of drug-likeness (QED) is 0.836. The molecule has 0 radical (unpaired) electrons. The summed E-state index contributed by atoms with van der Waals surface area (Å²) in [4.78, 5) is 0. The minimum atomic E-state index is -0.785. The Morgan fingerprint density at radius 1 is 1.29 bits per heavy atom. The molecule has 124 valence electrons. The molecule has 0 amide bonds. The topological polar surface area (TPSA) is 49.7 Å². The van der Waals surface area contributed by atoms with Crippen LogP contribution in [-0.4, -0.2) is 34.6 Å². The first-order valence-corrected chi connectivity index (χ1v) is 8.51. The van der Waals surface area contributed by atoms with Crippen molar-refractivity contribution in [2.24, 2.45) is 22.7 Å². The number of hydrogen-bond acceptors (Lipinski definition) is 3. The second-order valence-corrected chi connectivity index (χ2v) is 8.88. The van der Waals surface area contributed by atoms with Crippen molar-refractivity contribution in [2.45, 2.75) is 85.0 Å². The van der Waals surface area contributed by atoms with Crippen molar-refractivity contribution < 1.29 is 14.9 Å². The van der Waals surface area contributed by atoms with Crippen molar-refractivity contribution in [1.29, 1.82) is 0 Å². The largest absolute Gasteiger partial charge is 0.393 e. The molecule has 21 heavy (non-hydrogen) atoms. The number of aliphatic hydroxyl groups excluding tert-OH is 1. The molecule has 3 nitrogen and oxygen atoms in total. The first-order valence-electron chi connectivity index (χ1n) is 8.51. The van der Waals surface area contributed by atoms with E-state index in [1.165, 1.54) is 6.42 Å². The summed E-state index contributed by atoms with van der Waals surface area (Å²) in [6.07, 6.45) is 4.27. The maximum Gasteiger partial charge on any atom is 0.0824 e. The Morgan fingerprint density at radius 2 is 1.90 bits per heavy atom. The van der Waals surface area contributed by atoms with Crippen molar-refractivity contribution in [1.82, 2.24) is 0 Å². The predicted octanol–water partition coefficient (Wildman–Crippen LogP) is 3.38. The lowest BCUT2D eigenvalue weighted by Gasteiger charge is -2.49. The van der Waals surface area contributed by atoms with Crippen LogP contribution in [0.1, 0.15) is 67.2 Å². The lowest BCUT2D eigenvalue weighted by atomic mass is 9.57. The van der Waals surface area contributed by atoms with E-state index in [1.54, 1.807) is 13.8 Å². The van der Waals surface area contributed by atoms with Gasteiger partial charge in [-0.3, -0.25) is 0 Å². The lowest BCUT2D eigenvalue weighted by Crippen LogP contribution is -2.45. The molecule has 5 atom stereocenters. The van der Waals surface area contributed by atoms with E-state index >= 15 is 0 Å². The molecule has 0 aromatic heterocycles. The number of fused-ring (bicyclic) bond motifs is 1. The minimum absolute atomic E-state index is 0.112. The summed E-state index contributed by atoms with van der Waals surface area (Å²) in [6.45, 7) is 13.1. The van der Waals surface area contributed by atoms with Crippen molar-refractivity contribution in [3.8, 4) is 0 Å². The van der Waals surface area contributed by atoms with Crippen molar-refractivity contribution >= 4 is 0 Å². The smallest absolute Gasteiger partial charge is 0.0824 e. The zero-order chi connectivity index (χ0) is 16.1. The molecule has 5 unspecified atom stereocenters. The van der Waals surface area contributed by atoms with E-state index in [2.05, 4.69) is 27.7 Å². The molecule has 2 rings (SSSR count). The van der Waals surface area contributed by atoms with Crippen LogP contribution in [0.5, 0.6) is 0 Å². The molecular weight excluding hydrogens is 264 g/mol. The van der Waals surface area contributed by atoms with Crippen LogP contribution in [0, 0.1) is 22.7 Å². The number of hydrogen-bond donors (Lipinski definition) is 2. The fourth-order valence-corrected chi connectivity index (χ4v) is 4.93. The standard InChI is InChI=1S/C18H34O3/c1-12(21-11-16(2,3)20)13-10-14-15(19)8-7-9-18(14,6)17(13,4)5/h12-15,19-20H,7-11H2,1-6H3. The third-order valence-electron chi connectivity index (χ3n) is 6.65.